The maximum Gasteiger partial charge on any atom is 0.164 e. The highest BCUT2D eigenvalue weighted by Gasteiger charge is 2.26. The van der Waals surface area contributed by atoms with Crippen molar-refractivity contribution >= 4 is 126 Å². The van der Waals surface area contributed by atoms with E-state index in [2.05, 4.69) is 434 Å². The molecule has 560 valence electrons. The van der Waals surface area contributed by atoms with Gasteiger partial charge in [-0.2, -0.15) is 0 Å². The Morgan fingerprint density at radius 1 is 0.192 bits per heavy atom. The van der Waals surface area contributed by atoms with Gasteiger partial charge in [0.2, 0.25) is 0 Å². The van der Waals surface area contributed by atoms with Gasteiger partial charge in [0, 0.05) is 115 Å². The molecule has 0 aliphatic heterocycles. The molecule has 7 heterocycles. The van der Waals surface area contributed by atoms with Crippen molar-refractivity contribution in [3.63, 3.8) is 0 Å². The third-order valence-electron chi connectivity index (χ3n) is 25.2. The molecule has 9 heteroatoms. The van der Waals surface area contributed by atoms with E-state index in [1.807, 2.05) is 0 Å². The minimum absolute atomic E-state index is 0.557. The monoisotopic (exact) mass is 1530 g/mol. The summed E-state index contributed by atoms with van der Waals surface area (Å²) in [6, 6.07) is 144. The summed E-state index contributed by atoms with van der Waals surface area (Å²) in [6.45, 7) is 0. The van der Waals surface area contributed by atoms with Crippen LogP contribution in [0.15, 0.2) is 400 Å². The summed E-state index contributed by atoms with van der Waals surface area (Å²) < 4.78 is 14.6. The number of aryl methyl sites for hydroxylation is 1. The van der Waals surface area contributed by atoms with Crippen LogP contribution in [0.25, 0.3) is 228 Å². The van der Waals surface area contributed by atoms with Gasteiger partial charge in [-0.1, -0.05) is 279 Å². The second-order valence-electron chi connectivity index (χ2n) is 31.6. The van der Waals surface area contributed by atoms with E-state index in [0.29, 0.717) is 17.5 Å². The van der Waals surface area contributed by atoms with E-state index in [4.69, 9.17) is 15.0 Å². The van der Waals surface area contributed by atoms with Crippen molar-refractivity contribution in [3.8, 4) is 102 Å². The largest absolute Gasteiger partial charge is 0.310 e. The zero-order valence-corrected chi connectivity index (χ0v) is 65.1. The van der Waals surface area contributed by atoms with E-state index in [-0.39, 0.29) is 0 Å². The minimum atomic E-state index is 0.557. The van der Waals surface area contributed by atoms with Gasteiger partial charge in [-0.15, -0.1) is 0 Å². The molecular weight excluding hydrogens is 1460 g/mol. The second kappa shape index (κ2) is 26.8. The molecule has 0 N–H and O–H groups in total. The Kier molecular flexibility index (Phi) is 15.0. The highest BCUT2D eigenvalue weighted by atomic mass is 15.1. The van der Waals surface area contributed by atoms with Crippen molar-refractivity contribution in [3.05, 3.63) is 412 Å². The van der Waals surface area contributed by atoms with E-state index in [0.717, 1.165) is 152 Å². The molecule has 0 saturated heterocycles. The molecule has 25 rings (SSSR count). The van der Waals surface area contributed by atoms with E-state index in [9.17, 15) is 0 Å². The molecule has 0 radical (unpaired) electrons. The van der Waals surface area contributed by atoms with Gasteiger partial charge >= 0.3 is 0 Å². The predicted molar refractivity (Wildman–Crippen MR) is 498 cm³/mol. The number of para-hydroxylation sites is 11. The Bertz CT molecular complexity index is 7800. The third kappa shape index (κ3) is 10.4. The molecule has 17 aromatic carbocycles. The van der Waals surface area contributed by atoms with E-state index >= 15 is 0 Å². The van der Waals surface area contributed by atoms with Crippen molar-refractivity contribution in [2.45, 2.75) is 12.8 Å². The molecule has 1 aliphatic carbocycles. The lowest BCUT2D eigenvalue weighted by Crippen LogP contribution is -2.03. The SMILES string of the molecule is C1=Cc2c(c3ccccc3n2-c2ccc(-n3c4ccccc4c4ccccc43)c(-c3ccc(-c4nc(-c5ccc(-c6cc(-n7c8ccccc8c8ccccc87)ccc6-n6c7ccccc7c7ccccc76)cc5)nc(-c5ccc(-c6cc(-n7c8ccccc8c8ccccc87)ccc6-n6c7ccccc7c7ccccc76)cc5)n4)cc3)c2)CC1. The number of allylic oxidation sites excluding steroid dienone is 1. The van der Waals surface area contributed by atoms with Gasteiger partial charge in [0.05, 0.1) is 77.7 Å². The molecule has 1 aliphatic rings. The van der Waals surface area contributed by atoms with Crippen molar-refractivity contribution < 1.29 is 0 Å². The van der Waals surface area contributed by atoms with Gasteiger partial charge in [0.1, 0.15) is 0 Å². The normalized spacial score (nSPS) is 12.4. The average Bonchev–Trinajstić information content (AvgIpc) is 1.59. The fourth-order valence-corrected chi connectivity index (χ4v) is 19.8. The van der Waals surface area contributed by atoms with Crippen molar-refractivity contribution in [2.75, 3.05) is 0 Å². The van der Waals surface area contributed by atoms with Crippen LogP contribution in [0.5, 0.6) is 0 Å². The van der Waals surface area contributed by atoms with Crippen LogP contribution >= 0.6 is 0 Å². The zero-order valence-electron chi connectivity index (χ0n) is 65.1. The van der Waals surface area contributed by atoms with Gasteiger partial charge in [-0.05, 0) is 162 Å². The number of hydrogen-bond acceptors (Lipinski definition) is 3. The first-order valence-electron chi connectivity index (χ1n) is 41.3. The first kappa shape index (κ1) is 67.4. The molecular formula is C111H71N9. The summed E-state index contributed by atoms with van der Waals surface area (Å²) in [5.41, 5.74) is 30.8. The third-order valence-corrected chi connectivity index (χ3v) is 25.2. The van der Waals surface area contributed by atoms with Crippen molar-refractivity contribution in [2.24, 2.45) is 0 Å². The maximum atomic E-state index is 5.56. The molecule has 120 heavy (non-hydrogen) atoms. The highest BCUT2D eigenvalue weighted by molar-refractivity contribution is 6.15. The van der Waals surface area contributed by atoms with Crippen LogP contribution in [-0.4, -0.2) is 42.4 Å². The van der Waals surface area contributed by atoms with Crippen LogP contribution in [-0.2, 0) is 6.42 Å². The van der Waals surface area contributed by atoms with E-state index in [1.165, 1.54) is 76.0 Å². The fourth-order valence-electron chi connectivity index (χ4n) is 19.8. The lowest BCUT2D eigenvalue weighted by Gasteiger charge is -2.18. The van der Waals surface area contributed by atoms with Crippen LogP contribution in [0.3, 0.4) is 0 Å². The molecule has 0 amide bonds. The van der Waals surface area contributed by atoms with Crippen LogP contribution in [0, 0.1) is 0 Å². The zero-order chi connectivity index (χ0) is 78.6. The summed E-state index contributed by atoms with van der Waals surface area (Å²) in [4.78, 5) is 16.7. The number of hydrogen-bond donors (Lipinski definition) is 0. The molecule has 0 atom stereocenters. The van der Waals surface area contributed by atoms with Crippen molar-refractivity contribution in [1.82, 2.24) is 42.4 Å². The minimum Gasteiger partial charge on any atom is -0.310 e. The Hall–Kier alpha value is -16.0. The summed E-state index contributed by atoms with van der Waals surface area (Å²) >= 11 is 0. The number of fused-ring (bicyclic) bond motifs is 18. The molecule has 24 aromatic rings. The van der Waals surface area contributed by atoms with Crippen molar-refractivity contribution in [1.29, 1.82) is 0 Å². The summed E-state index contributed by atoms with van der Waals surface area (Å²) in [7, 11) is 0. The molecule has 0 spiro atoms. The maximum absolute atomic E-state index is 5.56. The smallest absolute Gasteiger partial charge is 0.164 e. The first-order valence-corrected chi connectivity index (χ1v) is 41.3. The van der Waals surface area contributed by atoms with Crippen LogP contribution in [0.2, 0.25) is 0 Å². The summed E-state index contributed by atoms with van der Waals surface area (Å²) in [5, 5.41) is 13.4. The second-order valence-corrected chi connectivity index (χ2v) is 31.6. The Balaban J connectivity index is 0.670. The van der Waals surface area contributed by atoms with Crippen LogP contribution < -0.4 is 0 Å². The van der Waals surface area contributed by atoms with Gasteiger partial charge < -0.3 is 27.4 Å². The first-order chi connectivity index (χ1) is 59.5. The number of benzene rings is 17. The van der Waals surface area contributed by atoms with Gasteiger partial charge in [0.25, 0.3) is 0 Å². The molecule has 0 unspecified atom stereocenters. The predicted octanol–water partition coefficient (Wildman–Crippen LogP) is 28.3. The summed E-state index contributed by atoms with van der Waals surface area (Å²) in [5.74, 6) is 1.67. The standard InChI is InChI=1S/C111H71N9/c1-13-37-94-79(25-1)80-26-2-14-38-95(80)115(94)76-61-64-106(118-100-43-19-7-31-85(100)86-32-8-20-44-101(86)118)91(67-76)70-49-55-73(56-50-70)109-112-110(74-57-51-71(52-58-74)92-68-77(116-96-39-15-3-27-81(96)82-28-4-16-40-97(82)116)62-65-107(92)119-102-45-21-9-33-87(102)88-34-10-22-46-103(88)119)114-111(113-109)75-59-53-72(54-60-75)93-69-78(117-98-41-17-5-29-83(98)84-30-6-18-42-99(84)117)63-66-108(93)120-104-47-23-11-35-89(104)90-36-12-24-48-105(90)120/h1-5,7-29,31-69H,6,30H2. The van der Waals surface area contributed by atoms with E-state index < -0.39 is 0 Å². The summed E-state index contributed by atoms with van der Waals surface area (Å²) in [6.07, 6.45) is 6.66. The average molecular weight is 1530 g/mol. The number of aromatic nitrogens is 9. The number of nitrogens with zero attached hydrogens (tertiary/aromatic N) is 9. The molecule has 0 fully saturated rings. The van der Waals surface area contributed by atoms with Crippen LogP contribution in [0.4, 0.5) is 0 Å². The lowest BCUT2D eigenvalue weighted by atomic mass is 9.99. The van der Waals surface area contributed by atoms with Gasteiger partial charge in [0.15, 0.2) is 17.5 Å². The topological polar surface area (TPSA) is 68.2 Å². The number of rotatable bonds is 12. The van der Waals surface area contributed by atoms with Crippen LogP contribution in [0.1, 0.15) is 17.7 Å². The van der Waals surface area contributed by atoms with E-state index in [1.54, 1.807) is 0 Å². The fraction of sp³-hybridized carbons (Fsp3) is 0.0180. The molecule has 0 bridgehead atoms. The van der Waals surface area contributed by atoms with Gasteiger partial charge in [-0.3, -0.25) is 0 Å². The molecule has 7 aromatic heterocycles. The Morgan fingerprint density at radius 3 is 0.675 bits per heavy atom. The quantitative estimate of drug-likeness (QED) is 0.122. The molecule has 0 saturated carbocycles. The van der Waals surface area contributed by atoms with Gasteiger partial charge in [-0.25, -0.2) is 15.0 Å². The molecule has 9 nitrogen and oxygen atoms in total. The lowest BCUT2D eigenvalue weighted by molar-refractivity contribution is 0.967. The highest BCUT2D eigenvalue weighted by Crippen LogP contribution is 2.46. The Morgan fingerprint density at radius 2 is 0.408 bits per heavy atom. The Labute approximate surface area is 690 Å².